The molecule has 0 spiro atoms. The Balaban J connectivity index is 1.81. The van der Waals surface area contributed by atoms with Gasteiger partial charge in [0.25, 0.3) is 5.91 Å². The van der Waals surface area contributed by atoms with E-state index < -0.39 is 0 Å². The molecule has 6 nitrogen and oxygen atoms in total. The predicted octanol–water partition coefficient (Wildman–Crippen LogP) is -0.249. The van der Waals surface area contributed by atoms with Gasteiger partial charge in [-0.1, -0.05) is 0 Å². The van der Waals surface area contributed by atoms with Crippen LogP contribution in [0.5, 0.6) is 0 Å². The van der Waals surface area contributed by atoms with Crippen LogP contribution in [0.3, 0.4) is 0 Å². The second-order valence-electron chi connectivity index (χ2n) is 4.13. The fraction of sp³-hybridized carbons (Fsp3) is 0.636. The molecule has 2 rings (SSSR count). The lowest BCUT2D eigenvalue weighted by atomic mass is 10.2. The van der Waals surface area contributed by atoms with Crippen LogP contribution in [0.25, 0.3) is 0 Å². The van der Waals surface area contributed by atoms with Crippen molar-refractivity contribution in [3.8, 4) is 0 Å². The highest BCUT2D eigenvalue weighted by atomic mass is 16.5. The summed E-state index contributed by atoms with van der Waals surface area (Å²) in [6.45, 7) is 2.51. The number of nitrogens with one attached hydrogen (secondary N) is 1. The minimum Gasteiger partial charge on any atom is -0.376 e. The van der Waals surface area contributed by atoms with Gasteiger partial charge in [-0.05, 0) is 12.8 Å². The number of hydrogen-bond donors (Lipinski definition) is 2. The summed E-state index contributed by atoms with van der Waals surface area (Å²) in [6, 6.07) is 0. The minimum absolute atomic E-state index is 0.108. The Morgan fingerprint density at radius 1 is 1.71 bits per heavy atom. The summed E-state index contributed by atoms with van der Waals surface area (Å²) >= 11 is 0. The number of nitrogens with zero attached hydrogens (tertiary/aromatic N) is 2. The van der Waals surface area contributed by atoms with Crippen LogP contribution in [0.1, 0.15) is 23.2 Å². The topological polar surface area (TPSA) is 82.2 Å². The smallest absolute Gasteiger partial charge is 0.254 e. The molecule has 0 radical (unpaired) electrons. The normalized spacial score (nSPS) is 19.5. The minimum atomic E-state index is -0.108. The van der Waals surface area contributed by atoms with Crippen LogP contribution >= 0.6 is 0 Å². The molecular weight excluding hydrogens is 220 g/mol. The summed E-state index contributed by atoms with van der Waals surface area (Å²) in [7, 11) is 0. The lowest BCUT2D eigenvalue weighted by Gasteiger charge is -2.09. The first-order valence-corrected chi connectivity index (χ1v) is 5.92. The fourth-order valence-electron chi connectivity index (χ4n) is 1.85. The van der Waals surface area contributed by atoms with Gasteiger partial charge in [-0.2, -0.15) is 5.10 Å². The molecule has 3 N–H and O–H groups in total. The van der Waals surface area contributed by atoms with Gasteiger partial charge in [0.1, 0.15) is 0 Å². The lowest BCUT2D eigenvalue weighted by Crippen LogP contribution is -2.31. The summed E-state index contributed by atoms with van der Waals surface area (Å²) in [4.78, 5) is 11.8. The number of amides is 1. The van der Waals surface area contributed by atoms with Crippen LogP contribution in [0, 0.1) is 0 Å². The van der Waals surface area contributed by atoms with E-state index in [0.29, 0.717) is 25.2 Å². The van der Waals surface area contributed by atoms with Gasteiger partial charge < -0.3 is 15.8 Å². The molecule has 94 valence electrons. The second-order valence-corrected chi connectivity index (χ2v) is 4.13. The quantitative estimate of drug-likeness (QED) is 0.741. The van der Waals surface area contributed by atoms with Crippen molar-refractivity contribution in [2.24, 2.45) is 5.73 Å². The SMILES string of the molecule is NCCn1cc(C(=O)NC[C@H]2CCCO2)cn1. The van der Waals surface area contributed by atoms with Crippen molar-refractivity contribution in [3.05, 3.63) is 18.0 Å². The zero-order chi connectivity index (χ0) is 12.1. The Bertz CT molecular complexity index is 371. The van der Waals surface area contributed by atoms with Gasteiger partial charge in [-0.3, -0.25) is 9.48 Å². The first-order valence-electron chi connectivity index (χ1n) is 5.92. The lowest BCUT2D eigenvalue weighted by molar-refractivity contribution is 0.0857. The largest absolute Gasteiger partial charge is 0.376 e. The maximum atomic E-state index is 11.8. The van der Waals surface area contributed by atoms with Gasteiger partial charge in [-0.15, -0.1) is 0 Å². The van der Waals surface area contributed by atoms with Crippen molar-refractivity contribution in [2.75, 3.05) is 19.7 Å². The Morgan fingerprint density at radius 3 is 3.29 bits per heavy atom. The molecule has 1 aromatic rings. The highest BCUT2D eigenvalue weighted by molar-refractivity contribution is 5.93. The van der Waals surface area contributed by atoms with Crippen LogP contribution < -0.4 is 11.1 Å². The summed E-state index contributed by atoms with van der Waals surface area (Å²) in [6.07, 6.45) is 5.53. The molecule has 1 atom stereocenters. The third-order valence-electron chi connectivity index (χ3n) is 2.77. The van der Waals surface area contributed by atoms with Crippen molar-refractivity contribution in [1.29, 1.82) is 0 Å². The summed E-state index contributed by atoms with van der Waals surface area (Å²) in [5.41, 5.74) is 5.98. The zero-order valence-corrected chi connectivity index (χ0v) is 9.76. The molecule has 17 heavy (non-hydrogen) atoms. The van der Waals surface area contributed by atoms with Crippen molar-refractivity contribution in [2.45, 2.75) is 25.5 Å². The predicted molar refractivity (Wildman–Crippen MR) is 62.6 cm³/mol. The van der Waals surface area contributed by atoms with Gasteiger partial charge >= 0.3 is 0 Å². The Morgan fingerprint density at radius 2 is 2.59 bits per heavy atom. The van der Waals surface area contributed by atoms with Gasteiger partial charge in [0, 0.05) is 25.9 Å². The van der Waals surface area contributed by atoms with Crippen molar-refractivity contribution >= 4 is 5.91 Å². The highest BCUT2D eigenvalue weighted by Gasteiger charge is 2.17. The number of ether oxygens (including phenoxy) is 1. The van der Waals surface area contributed by atoms with Gasteiger partial charge in [0.15, 0.2) is 0 Å². The van der Waals surface area contributed by atoms with E-state index in [9.17, 15) is 4.79 Å². The monoisotopic (exact) mass is 238 g/mol. The number of nitrogens with two attached hydrogens (primary N) is 1. The first-order chi connectivity index (χ1) is 8.29. The van der Waals surface area contributed by atoms with E-state index in [0.717, 1.165) is 19.4 Å². The third-order valence-corrected chi connectivity index (χ3v) is 2.77. The van der Waals surface area contributed by atoms with Crippen LogP contribution in [0.4, 0.5) is 0 Å². The number of aromatic nitrogens is 2. The van der Waals surface area contributed by atoms with Gasteiger partial charge in [-0.25, -0.2) is 0 Å². The summed E-state index contributed by atoms with van der Waals surface area (Å²) in [5, 5.41) is 6.90. The molecule has 0 unspecified atom stereocenters. The maximum Gasteiger partial charge on any atom is 0.254 e. The molecule has 0 aliphatic carbocycles. The molecule has 1 saturated heterocycles. The molecule has 1 aliphatic rings. The van der Waals surface area contributed by atoms with E-state index in [2.05, 4.69) is 10.4 Å². The zero-order valence-electron chi connectivity index (χ0n) is 9.76. The van der Waals surface area contributed by atoms with E-state index >= 15 is 0 Å². The van der Waals surface area contributed by atoms with Crippen molar-refractivity contribution in [3.63, 3.8) is 0 Å². The molecule has 0 aromatic carbocycles. The molecule has 0 bridgehead atoms. The average Bonchev–Trinajstić information content (AvgIpc) is 2.97. The van der Waals surface area contributed by atoms with Crippen LogP contribution in [-0.2, 0) is 11.3 Å². The van der Waals surface area contributed by atoms with Crippen LogP contribution in [-0.4, -0.2) is 41.5 Å². The van der Waals surface area contributed by atoms with E-state index in [4.69, 9.17) is 10.5 Å². The molecule has 2 heterocycles. The Hall–Kier alpha value is -1.40. The van der Waals surface area contributed by atoms with Crippen LogP contribution in [0.15, 0.2) is 12.4 Å². The number of carbonyl (C=O) groups excluding carboxylic acids is 1. The van der Waals surface area contributed by atoms with Gasteiger partial charge in [0.05, 0.1) is 24.4 Å². The Kier molecular flexibility index (Phi) is 4.11. The molecule has 1 fully saturated rings. The van der Waals surface area contributed by atoms with E-state index in [1.165, 1.54) is 0 Å². The van der Waals surface area contributed by atoms with Crippen molar-refractivity contribution < 1.29 is 9.53 Å². The number of carbonyl (C=O) groups is 1. The average molecular weight is 238 g/mol. The summed E-state index contributed by atoms with van der Waals surface area (Å²) in [5.74, 6) is -0.108. The van der Waals surface area contributed by atoms with E-state index in [-0.39, 0.29) is 12.0 Å². The van der Waals surface area contributed by atoms with Gasteiger partial charge in [0.2, 0.25) is 0 Å². The van der Waals surface area contributed by atoms with Crippen molar-refractivity contribution in [1.82, 2.24) is 15.1 Å². The number of rotatable bonds is 5. The first kappa shape index (κ1) is 12.1. The third kappa shape index (κ3) is 3.28. The molecule has 0 saturated carbocycles. The molecule has 1 aliphatic heterocycles. The molecule has 6 heteroatoms. The van der Waals surface area contributed by atoms with E-state index in [1.807, 2.05) is 0 Å². The maximum absolute atomic E-state index is 11.8. The highest BCUT2D eigenvalue weighted by Crippen LogP contribution is 2.10. The second kappa shape index (κ2) is 5.79. The van der Waals surface area contributed by atoms with Crippen LogP contribution in [0.2, 0.25) is 0 Å². The number of hydrogen-bond acceptors (Lipinski definition) is 4. The molecular formula is C11H18N4O2. The molecule has 1 amide bonds. The Labute approximate surface area is 100 Å². The summed E-state index contributed by atoms with van der Waals surface area (Å²) < 4.78 is 7.10. The molecule has 1 aromatic heterocycles. The van der Waals surface area contributed by atoms with E-state index in [1.54, 1.807) is 17.1 Å². The fourth-order valence-corrected chi connectivity index (χ4v) is 1.85. The standard InChI is InChI=1S/C11H18N4O2/c12-3-4-15-8-9(6-14-15)11(16)13-7-10-2-1-5-17-10/h6,8,10H,1-5,7,12H2,(H,13,16)/t10-/m1/s1.